The summed E-state index contributed by atoms with van der Waals surface area (Å²) >= 11 is 0. The van der Waals surface area contributed by atoms with Crippen LogP contribution in [-0.4, -0.2) is 0 Å². The molecule has 0 saturated carbocycles. The number of nitrogens with one attached hydrogen (secondary N) is 1. The van der Waals surface area contributed by atoms with Gasteiger partial charge >= 0.3 is 0 Å². The fraction of sp³-hybridized carbons (Fsp3) is 0.250. The number of halogens is 3. The topological polar surface area (TPSA) is 12.0 Å². The number of hydrogen-bond donors (Lipinski definition) is 1. The molecule has 0 saturated heterocycles. The molecule has 2 aromatic carbocycles. The van der Waals surface area contributed by atoms with Crippen molar-refractivity contribution in [2.75, 3.05) is 5.32 Å². The fourth-order valence-corrected chi connectivity index (χ4v) is 2.16. The van der Waals surface area contributed by atoms with Gasteiger partial charge in [0.15, 0.2) is 11.6 Å². The maximum absolute atomic E-state index is 13.6. The summed E-state index contributed by atoms with van der Waals surface area (Å²) in [6.45, 7) is 4.09. The molecule has 0 unspecified atom stereocenters. The summed E-state index contributed by atoms with van der Waals surface area (Å²) in [6, 6.07) is 7.35. The van der Waals surface area contributed by atoms with Crippen LogP contribution in [0, 0.1) is 24.4 Å². The van der Waals surface area contributed by atoms with Crippen LogP contribution in [0.15, 0.2) is 30.3 Å². The van der Waals surface area contributed by atoms with E-state index in [1.165, 1.54) is 0 Å². The molecule has 0 bridgehead atoms. The molecule has 0 heterocycles. The summed E-state index contributed by atoms with van der Waals surface area (Å²) in [5.74, 6) is -2.96. The molecule has 0 aliphatic heterocycles. The molecule has 0 atom stereocenters. The zero-order valence-corrected chi connectivity index (χ0v) is 11.4. The minimum atomic E-state index is -1.17. The highest BCUT2D eigenvalue weighted by Gasteiger charge is 2.10. The van der Waals surface area contributed by atoms with Crippen molar-refractivity contribution in [1.82, 2.24) is 0 Å². The molecular formula is C16H16F3N. The van der Waals surface area contributed by atoms with Crippen molar-refractivity contribution in [3.8, 4) is 0 Å². The Morgan fingerprint density at radius 3 is 2.35 bits per heavy atom. The first-order chi connectivity index (χ1) is 9.52. The molecule has 2 aromatic rings. The maximum Gasteiger partial charge on any atom is 0.161 e. The molecule has 0 fully saturated rings. The molecular weight excluding hydrogens is 263 g/mol. The molecule has 0 aromatic heterocycles. The third-order valence-electron chi connectivity index (χ3n) is 3.28. The number of hydrogen-bond acceptors (Lipinski definition) is 1. The van der Waals surface area contributed by atoms with Gasteiger partial charge in [-0.25, -0.2) is 13.2 Å². The van der Waals surface area contributed by atoms with E-state index in [0.717, 1.165) is 29.3 Å². The van der Waals surface area contributed by atoms with Gasteiger partial charge < -0.3 is 5.32 Å². The molecule has 0 aliphatic rings. The van der Waals surface area contributed by atoms with Gasteiger partial charge in [0.05, 0.1) is 0 Å². The van der Waals surface area contributed by atoms with Crippen LogP contribution in [0.4, 0.5) is 18.9 Å². The van der Waals surface area contributed by atoms with E-state index in [9.17, 15) is 13.2 Å². The second-order valence-corrected chi connectivity index (χ2v) is 4.67. The predicted molar refractivity (Wildman–Crippen MR) is 74.2 cm³/mol. The maximum atomic E-state index is 13.6. The van der Waals surface area contributed by atoms with E-state index < -0.39 is 17.5 Å². The molecule has 0 aliphatic carbocycles. The molecule has 1 N–H and O–H groups in total. The van der Waals surface area contributed by atoms with Gasteiger partial charge in [-0.05, 0) is 30.5 Å². The SMILES string of the molecule is CCc1cccc(C)c1NCc1cc(F)c(F)cc1F. The highest BCUT2D eigenvalue weighted by atomic mass is 19.2. The van der Waals surface area contributed by atoms with Gasteiger partial charge in [-0.3, -0.25) is 0 Å². The van der Waals surface area contributed by atoms with Crippen LogP contribution in [-0.2, 0) is 13.0 Å². The van der Waals surface area contributed by atoms with Crippen molar-refractivity contribution in [3.05, 3.63) is 64.5 Å². The fourth-order valence-electron chi connectivity index (χ4n) is 2.16. The van der Waals surface area contributed by atoms with Crippen molar-refractivity contribution in [2.24, 2.45) is 0 Å². The van der Waals surface area contributed by atoms with Crippen LogP contribution >= 0.6 is 0 Å². The van der Waals surface area contributed by atoms with E-state index in [-0.39, 0.29) is 12.1 Å². The quantitative estimate of drug-likeness (QED) is 0.807. The average Bonchev–Trinajstić information content (AvgIpc) is 2.42. The summed E-state index contributed by atoms with van der Waals surface area (Å²) < 4.78 is 39.6. The second-order valence-electron chi connectivity index (χ2n) is 4.67. The lowest BCUT2D eigenvalue weighted by atomic mass is 10.1. The number of para-hydroxylation sites is 1. The van der Waals surface area contributed by atoms with E-state index in [4.69, 9.17) is 0 Å². The second kappa shape index (κ2) is 5.99. The molecule has 0 spiro atoms. The Balaban J connectivity index is 2.23. The van der Waals surface area contributed by atoms with Gasteiger partial charge in [0.1, 0.15) is 5.82 Å². The van der Waals surface area contributed by atoms with Gasteiger partial charge in [0.2, 0.25) is 0 Å². The highest BCUT2D eigenvalue weighted by molar-refractivity contribution is 5.57. The average molecular weight is 279 g/mol. The molecule has 106 valence electrons. The van der Waals surface area contributed by atoms with Gasteiger partial charge in [-0.2, -0.15) is 0 Å². The number of rotatable bonds is 4. The predicted octanol–water partition coefficient (Wildman–Crippen LogP) is 4.59. The van der Waals surface area contributed by atoms with E-state index >= 15 is 0 Å². The first kappa shape index (κ1) is 14.4. The van der Waals surface area contributed by atoms with Crippen LogP contribution in [0.5, 0.6) is 0 Å². The summed E-state index contributed by atoms with van der Waals surface area (Å²) in [7, 11) is 0. The number of benzene rings is 2. The number of anilines is 1. The van der Waals surface area contributed by atoms with Crippen LogP contribution < -0.4 is 5.32 Å². The van der Waals surface area contributed by atoms with Crippen LogP contribution in [0.25, 0.3) is 0 Å². The minimum absolute atomic E-state index is 0.106. The summed E-state index contributed by atoms with van der Waals surface area (Å²) in [5, 5.41) is 3.11. The normalized spacial score (nSPS) is 10.7. The van der Waals surface area contributed by atoms with Crippen LogP contribution in [0.2, 0.25) is 0 Å². The van der Waals surface area contributed by atoms with Crippen molar-refractivity contribution in [3.63, 3.8) is 0 Å². The molecule has 0 radical (unpaired) electrons. The Morgan fingerprint density at radius 2 is 1.65 bits per heavy atom. The molecule has 1 nitrogen and oxygen atoms in total. The minimum Gasteiger partial charge on any atom is -0.380 e. The van der Waals surface area contributed by atoms with E-state index in [0.29, 0.717) is 6.07 Å². The Morgan fingerprint density at radius 1 is 0.950 bits per heavy atom. The smallest absolute Gasteiger partial charge is 0.161 e. The molecule has 20 heavy (non-hydrogen) atoms. The Labute approximate surface area is 116 Å². The lowest BCUT2D eigenvalue weighted by molar-refractivity contribution is 0.490. The number of aryl methyl sites for hydroxylation is 2. The lowest BCUT2D eigenvalue weighted by Crippen LogP contribution is -2.06. The van der Waals surface area contributed by atoms with Crippen molar-refractivity contribution >= 4 is 5.69 Å². The Bertz CT molecular complexity index is 623. The lowest BCUT2D eigenvalue weighted by Gasteiger charge is -2.14. The third-order valence-corrected chi connectivity index (χ3v) is 3.28. The van der Waals surface area contributed by atoms with Crippen molar-refractivity contribution < 1.29 is 13.2 Å². The van der Waals surface area contributed by atoms with Gasteiger partial charge in [0.25, 0.3) is 0 Å². The van der Waals surface area contributed by atoms with Crippen LogP contribution in [0.3, 0.4) is 0 Å². The molecule has 4 heteroatoms. The largest absolute Gasteiger partial charge is 0.380 e. The molecule has 0 amide bonds. The van der Waals surface area contributed by atoms with E-state index in [2.05, 4.69) is 5.32 Å². The van der Waals surface area contributed by atoms with Crippen LogP contribution in [0.1, 0.15) is 23.6 Å². The standard InChI is InChI=1S/C16H16F3N/c1-3-11-6-4-5-10(2)16(11)20-9-12-7-14(18)15(19)8-13(12)17/h4-8,20H,3,9H2,1-2H3. The first-order valence-corrected chi connectivity index (χ1v) is 6.48. The van der Waals surface area contributed by atoms with E-state index in [1.54, 1.807) is 0 Å². The summed E-state index contributed by atoms with van der Waals surface area (Å²) in [4.78, 5) is 0. The van der Waals surface area contributed by atoms with Gasteiger partial charge in [-0.15, -0.1) is 0 Å². The van der Waals surface area contributed by atoms with E-state index in [1.807, 2.05) is 32.0 Å². The summed E-state index contributed by atoms with van der Waals surface area (Å²) in [6.07, 6.45) is 0.838. The van der Waals surface area contributed by atoms with Gasteiger partial charge in [0, 0.05) is 23.9 Å². The van der Waals surface area contributed by atoms with Crippen molar-refractivity contribution in [2.45, 2.75) is 26.8 Å². The Hall–Kier alpha value is -1.97. The van der Waals surface area contributed by atoms with Gasteiger partial charge in [-0.1, -0.05) is 25.1 Å². The zero-order valence-electron chi connectivity index (χ0n) is 11.4. The zero-order chi connectivity index (χ0) is 14.7. The molecule has 2 rings (SSSR count). The Kier molecular flexibility index (Phi) is 4.32. The first-order valence-electron chi connectivity index (χ1n) is 6.48. The van der Waals surface area contributed by atoms with Crippen molar-refractivity contribution in [1.29, 1.82) is 0 Å². The monoisotopic (exact) mass is 279 g/mol. The highest BCUT2D eigenvalue weighted by Crippen LogP contribution is 2.23. The third kappa shape index (κ3) is 2.95. The summed E-state index contributed by atoms with van der Waals surface area (Å²) in [5.41, 5.74) is 3.16.